The molecule has 0 amide bonds. The highest BCUT2D eigenvalue weighted by Gasteiger charge is 2.47. The Hall–Kier alpha value is -2.23. The Morgan fingerprint density at radius 2 is 2.20 bits per heavy atom. The molecule has 2 unspecified atom stereocenters. The van der Waals surface area contributed by atoms with E-state index in [0.29, 0.717) is 23.6 Å². The molecule has 1 aliphatic carbocycles. The molecule has 3 heterocycles. The monoisotopic (exact) mass is 338 g/mol. The van der Waals surface area contributed by atoms with Crippen LogP contribution in [-0.4, -0.2) is 40.9 Å². The van der Waals surface area contributed by atoms with Crippen LogP contribution in [0.4, 0.5) is 5.82 Å². The van der Waals surface area contributed by atoms with E-state index in [9.17, 15) is 10.4 Å². The molecule has 130 valence electrons. The van der Waals surface area contributed by atoms with Gasteiger partial charge in [0, 0.05) is 42.7 Å². The first-order valence-electron chi connectivity index (χ1n) is 8.87. The summed E-state index contributed by atoms with van der Waals surface area (Å²) in [5.74, 6) is 0.722. The minimum Gasteiger partial charge on any atom is -0.392 e. The number of aliphatic hydroxyl groups excluding tert-OH is 1. The number of hydrogen-bond acceptors (Lipinski definition) is 6. The second kappa shape index (κ2) is 6.58. The maximum Gasteiger partial charge on any atom is 0.161 e. The van der Waals surface area contributed by atoms with Crippen molar-refractivity contribution >= 4 is 16.9 Å². The lowest BCUT2D eigenvalue weighted by Crippen LogP contribution is -2.40. The van der Waals surface area contributed by atoms with Crippen molar-refractivity contribution in [2.75, 3.05) is 25.1 Å². The smallest absolute Gasteiger partial charge is 0.161 e. The predicted molar refractivity (Wildman–Crippen MR) is 94.0 cm³/mol. The second-order valence-electron chi connectivity index (χ2n) is 7.15. The van der Waals surface area contributed by atoms with Crippen molar-refractivity contribution in [3.63, 3.8) is 0 Å². The molecule has 6 heteroatoms. The molecule has 2 fully saturated rings. The van der Waals surface area contributed by atoms with Gasteiger partial charge in [0.1, 0.15) is 11.9 Å². The molecule has 1 aliphatic heterocycles. The summed E-state index contributed by atoms with van der Waals surface area (Å²) in [6.45, 7) is 2.10. The van der Waals surface area contributed by atoms with Crippen molar-refractivity contribution in [1.29, 1.82) is 5.26 Å². The Labute approximate surface area is 146 Å². The Morgan fingerprint density at radius 1 is 1.36 bits per heavy atom. The molecule has 2 aromatic rings. The summed E-state index contributed by atoms with van der Waals surface area (Å²) in [5, 5.41) is 24.4. The van der Waals surface area contributed by atoms with Gasteiger partial charge >= 0.3 is 0 Å². The Balaban J connectivity index is 1.50. The van der Waals surface area contributed by atoms with E-state index in [1.807, 2.05) is 18.2 Å². The Kier molecular flexibility index (Phi) is 4.28. The summed E-state index contributed by atoms with van der Waals surface area (Å²) in [5.41, 5.74) is 1.15. The van der Waals surface area contributed by atoms with Crippen molar-refractivity contribution in [2.24, 2.45) is 11.3 Å². The summed E-state index contributed by atoms with van der Waals surface area (Å²) in [6, 6.07) is 7.74. The predicted octanol–water partition coefficient (Wildman–Crippen LogP) is 2.48. The van der Waals surface area contributed by atoms with Gasteiger partial charge in [-0.25, -0.2) is 9.97 Å². The summed E-state index contributed by atoms with van der Waals surface area (Å²) < 4.78 is 5.46. The lowest BCUT2D eigenvalue weighted by Gasteiger charge is -2.37. The van der Waals surface area contributed by atoms with Gasteiger partial charge in [-0.2, -0.15) is 5.26 Å². The third kappa shape index (κ3) is 2.94. The second-order valence-corrected chi connectivity index (χ2v) is 7.15. The van der Waals surface area contributed by atoms with Crippen LogP contribution in [0.25, 0.3) is 11.0 Å². The molecule has 2 atom stereocenters. The van der Waals surface area contributed by atoms with Crippen molar-refractivity contribution in [1.82, 2.24) is 9.97 Å². The van der Waals surface area contributed by atoms with E-state index in [0.717, 1.165) is 44.3 Å². The van der Waals surface area contributed by atoms with E-state index >= 15 is 0 Å². The molecule has 1 spiro atoms. The summed E-state index contributed by atoms with van der Waals surface area (Å²) in [6.07, 6.45) is 5.27. The fourth-order valence-corrected chi connectivity index (χ4v) is 4.27. The lowest BCUT2D eigenvalue weighted by atomic mass is 9.76. The number of hydrogen-bond donors (Lipinski definition) is 2. The van der Waals surface area contributed by atoms with E-state index in [1.54, 1.807) is 6.20 Å². The van der Waals surface area contributed by atoms with Crippen LogP contribution in [0.5, 0.6) is 0 Å². The van der Waals surface area contributed by atoms with Crippen molar-refractivity contribution in [3.8, 4) is 6.07 Å². The van der Waals surface area contributed by atoms with Crippen molar-refractivity contribution in [2.45, 2.75) is 31.8 Å². The van der Waals surface area contributed by atoms with Gasteiger partial charge in [-0.05, 0) is 43.9 Å². The number of aromatic nitrogens is 2. The number of aliphatic hydroxyl groups is 1. The molecule has 2 aromatic heterocycles. The number of nitriles is 1. The minimum absolute atomic E-state index is 0.0149. The molecule has 0 aromatic carbocycles. The summed E-state index contributed by atoms with van der Waals surface area (Å²) >= 11 is 0. The first kappa shape index (κ1) is 16.2. The third-order valence-electron chi connectivity index (χ3n) is 5.82. The number of anilines is 1. The highest BCUT2D eigenvalue weighted by Crippen LogP contribution is 2.48. The Bertz CT molecular complexity index is 811. The average Bonchev–Trinajstić information content (AvgIpc) is 2.95. The molecule has 6 nitrogen and oxygen atoms in total. The zero-order valence-electron chi connectivity index (χ0n) is 14.1. The zero-order valence-corrected chi connectivity index (χ0v) is 14.1. The summed E-state index contributed by atoms with van der Waals surface area (Å²) in [4.78, 5) is 8.75. The van der Waals surface area contributed by atoms with E-state index in [4.69, 9.17) is 4.74 Å². The standard InChI is InChI=1S/C19H22N4O2/c20-11-15-10-13-2-1-7-21-17(13)23-18(15)22-12-14-3-4-19(16(14)24)5-8-25-9-6-19/h1-2,7,10,14,16,24H,3-6,8-9,12H2,(H,21,22,23). The minimum atomic E-state index is -0.326. The molecule has 0 bridgehead atoms. The van der Waals surface area contributed by atoms with Crippen LogP contribution < -0.4 is 5.32 Å². The normalized spacial score (nSPS) is 25.1. The van der Waals surface area contributed by atoms with Gasteiger partial charge in [-0.1, -0.05) is 0 Å². The largest absolute Gasteiger partial charge is 0.392 e. The highest BCUT2D eigenvalue weighted by atomic mass is 16.5. The molecule has 4 rings (SSSR count). The first-order valence-corrected chi connectivity index (χ1v) is 8.87. The maximum absolute atomic E-state index is 10.8. The van der Waals surface area contributed by atoms with E-state index in [-0.39, 0.29) is 17.4 Å². The van der Waals surface area contributed by atoms with Crippen molar-refractivity contribution in [3.05, 3.63) is 30.0 Å². The SMILES string of the molecule is N#Cc1cc2cccnc2nc1NCC1CCC2(CCOCC2)C1O. The molecule has 0 radical (unpaired) electrons. The fourth-order valence-electron chi connectivity index (χ4n) is 4.27. The van der Waals surface area contributed by atoms with Crippen LogP contribution in [0, 0.1) is 22.7 Å². The van der Waals surface area contributed by atoms with Gasteiger partial charge in [-0.15, -0.1) is 0 Å². The molecule has 1 saturated carbocycles. The zero-order chi connectivity index (χ0) is 17.3. The first-order chi connectivity index (χ1) is 12.2. The van der Waals surface area contributed by atoms with Gasteiger partial charge < -0.3 is 15.2 Å². The summed E-state index contributed by atoms with van der Waals surface area (Å²) in [7, 11) is 0. The average molecular weight is 338 g/mol. The van der Waals surface area contributed by atoms with Crippen LogP contribution >= 0.6 is 0 Å². The van der Waals surface area contributed by atoms with Gasteiger partial charge in [0.2, 0.25) is 0 Å². The molecule has 2 N–H and O–H groups in total. The van der Waals surface area contributed by atoms with Crippen LogP contribution in [0.15, 0.2) is 24.4 Å². The Morgan fingerprint density at radius 3 is 3.00 bits per heavy atom. The quantitative estimate of drug-likeness (QED) is 0.893. The molecule has 25 heavy (non-hydrogen) atoms. The number of rotatable bonds is 3. The lowest BCUT2D eigenvalue weighted by molar-refractivity contribution is -0.0545. The highest BCUT2D eigenvalue weighted by molar-refractivity contribution is 5.79. The maximum atomic E-state index is 10.8. The molecular formula is C19H22N4O2. The number of ether oxygens (including phenoxy) is 1. The van der Waals surface area contributed by atoms with Crippen LogP contribution in [0.3, 0.4) is 0 Å². The number of fused-ring (bicyclic) bond motifs is 1. The van der Waals surface area contributed by atoms with Crippen LogP contribution in [0.1, 0.15) is 31.2 Å². The molecule has 2 aliphatic rings. The van der Waals surface area contributed by atoms with Crippen molar-refractivity contribution < 1.29 is 9.84 Å². The molecular weight excluding hydrogens is 316 g/mol. The van der Waals surface area contributed by atoms with Crippen LogP contribution in [0.2, 0.25) is 0 Å². The van der Waals surface area contributed by atoms with Gasteiger partial charge in [0.05, 0.1) is 11.7 Å². The fraction of sp³-hybridized carbons (Fsp3) is 0.526. The number of pyridine rings is 2. The van der Waals surface area contributed by atoms with E-state index in [1.165, 1.54) is 0 Å². The number of nitrogens with zero attached hydrogens (tertiary/aromatic N) is 3. The molecule has 1 saturated heterocycles. The number of nitrogens with one attached hydrogen (secondary N) is 1. The van der Waals surface area contributed by atoms with E-state index in [2.05, 4.69) is 21.4 Å². The van der Waals surface area contributed by atoms with Crippen LogP contribution in [-0.2, 0) is 4.74 Å². The topological polar surface area (TPSA) is 91.1 Å². The third-order valence-corrected chi connectivity index (χ3v) is 5.82. The van der Waals surface area contributed by atoms with Gasteiger partial charge in [0.25, 0.3) is 0 Å². The van der Waals surface area contributed by atoms with E-state index < -0.39 is 0 Å². The van der Waals surface area contributed by atoms with Gasteiger partial charge in [0.15, 0.2) is 5.65 Å². The van der Waals surface area contributed by atoms with Gasteiger partial charge in [-0.3, -0.25) is 0 Å².